The van der Waals surface area contributed by atoms with E-state index in [1.165, 1.54) is 18.7 Å². The summed E-state index contributed by atoms with van der Waals surface area (Å²) in [6.45, 7) is 3.03. The van der Waals surface area contributed by atoms with Gasteiger partial charge in [-0.2, -0.15) is 0 Å². The van der Waals surface area contributed by atoms with Crippen LogP contribution in [-0.2, 0) is 14.3 Å². The van der Waals surface area contributed by atoms with Gasteiger partial charge in [0, 0.05) is 11.0 Å². The van der Waals surface area contributed by atoms with E-state index in [1.54, 1.807) is 6.92 Å². The lowest BCUT2D eigenvalue weighted by Crippen LogP contribution is -2.32. The standard InChI is InChI=1S/C18H17F2NO3S/c1-11(17(22)21-16-10-13(19)8-9-15(16)20)24-18(23)12(2)25-14-6-4-3-5-7-14/h3-12H,1-2H3,(H,21,22)/t11-,12-/m0/s1. The fourth-order valence-corrected chi connectivity index (χ4v) is 2.78. The molecular formula is C18H17F2NO3S. The Kier molecular flexibility index (Phi) is 6.52. The third-order valence-corrected chi connectivity index (χ3v) is 4.33. The van der Waals surface area contributed by atoms with Crippen molar-refractivity contribution in [3.8, 4) is 0 Å². The first-order valence-corrected chi connectivity index (χ1v) is 8.43. The summed E-state index contributed by atoms with van der Waals surface area (Å²) in [5.41, 5.74) is -0.306. The Labute approximate surface area is 148 Å². The molecule has 0 aliphatic carbocycles. The SMILES string of the molecule is C[C@H](OC(=O)[C@H](C)Sc1ccccc1)C(=O)Nc1cc(F)ccc1F. The summed E-state index contributed by atoms with van der Waals surface area (Å²) in [5.74, 6) is -2.78. The van der Waals surface area contributed by atoms with E-state index in [0.29, 0.717) is 0 Å². The van der Waals surface area contributed by atoms with E-state index < -0.39 is 34.9 Å². The van der Waals surface area contributed by atoms with Gasteiger partial charge >= 0.3 is 5.97 Å². The van der Waals surface area contributed by atoms with E-state index in [4.69, 9.17) is 4.74 Å². The van der Waals surface area contributed by atoms with Crippen molar-refractivity contribution in [1.29, 1.82) is 0 Å². The lowest BCUT2D eigenvalue weighted by Gasteiger charge is -2.16. The highest BCUT2D eigenvalue weighted by atomic mass is 32.2. The summed E-state index contributed by atoms with van der Waals surface area (Å²) in [7, 11) is 0. The Hall–Kier alpha value is -2.41. The second-order valence-corrected chi connectivity index (χ2v) is 6.68. The summed E-state index contributed by atoms with van der Waals surface area (Å²) in [6.07, 6.45) is -1.14. The van der Waals surface area contributed by atoms with Gasteiger partial charge in [-0.3, -0.25) is 9.59 Å². The molecular weight excluding hydrogens is 348 g/mol. The number of hydrogen-bond donors (Lipinski definition) is 1. The summed E-state index contributed by atoms with van der Waals surface area (Å²) < 4.78 is 31.7. The maximum absolute atomic E-state index is 13.5. The fourth-order valence-electron chi connectivity index (χ4n) is 1.90. The van der Waals surface area contributed by atoms with E-state index in [2.05, 4.69) is 5.32 Å². The number of thioether (sulfide) groups is 1. The molecule has 0 unspecified atom stereocenters. The molecule has 0 saturated carbocycles. The molecule has 0 aliphatic rings. The molecule has 0 heterocycles. The van der Waals surface area contributed by atoms with Crippen molar-refractivity contribution in [3.05, 3.63) is 60.2 Å². The van der Waals surface area contributed by atoms with Gasteiger partial charge in [0.25, 0.3) is 5.91 Å². The van der Waals surface area contributed by atoms with Crippen molar-refractivity contribution in [2.24, 2.45) is 0 Å². The van der Waals surface area contributed by atoms with Crippen LogP contribution in [0.15, 0.2) is 53.4 Å². The second-order valence-electron chi connectivity index (χ2n) is 5.27. The first kappa shape index (κ1) is 18.9. The third-order valence-electron chi connectivity index (χ3n) is 3.24. The maximum Gasteiger partial charge on any atom is 0.319 e. The number of esters is 1. The zero-order valence-electron chi connectivity index (χ0n) is 13.7. The van der Waals surface area contributed by atoms with Gasteiger partial charge in [0.05, 0.1) is 5.69 Å². The van der Waals surface area contributed by atoms with Gasteiger partial charge < -0.3 is 10.1 Å². The predicted molar refractivity (Wildman–Crippen MR) is 92.3 cm³/mol. The highest BCUT2D eigenvalue weighted by Gasteiger charge is 2.23. The van der Waals surface area contributed by atoms with Crippen LogP contribution in [-0.4, -0.2) is 23.2 Å². The van der Waals surface area contributed by atoms with E-state index in [0.717, 1.165) is 23.1 Å². The molecule has 0 spiro atoms. The molecule has 4 nitrogen and oxygen atoms in total. The van der Waals surface area contributed by atoms with Crippen LogP contribution in [0.5, 0.6) is 0 Å². The van der Waals surface area contributed by atoms with Crippen molar-refractivity contribution in [2.45, 2.75) is 30.1 Å². The normalized spacial score (nSPS) is 13.0. The van der Waals surface area contributed by atoms with Gasteiger partial charge in [0.15, 0.2) is 6.10 Å². The van der Waals surface area contributed by atoms with Crippen LogP contribution < -0.4 is 5.32 Å². The van der Waals surface area contributed by atoms with E-state index >= 15 is 0 Å². The lowest BCUT2D eigenvalue weighted by atomic mass is 10.2. The Balaban J connectivity index is 1.91. The molecule has 1 amide bonds. The average Bonchev–Trinajstić information content (AvgIpc) is 2.58. The Morgan fingerprint density at radius 2 is 1.76 bits per heavy atom. The van der Waals surface area contributed by atoms with Crippen LogP contribution in [0.2, 0.25) is 0 Å². The maximum atomic E-state index is 13.5. The minimum absolute atomic E-state index is 0.306. The quantitative estimate of drug-likeness (QED) is 0.621. The Bertz CT molecular complexity index is 755. The number of carbonyl (C=O) groups is 2. The highest BCUT2D eigenvalue weighted by Crippen LogP contribution is 2.24. The average molecular weight is 365 g/mol. The summed E-state index contributed by atoms with van der Waals surface area (Å²) in [6, 6.07) is 12.0. The van der Waals surface area contributed by atoms with Crippen molar-refractivity contribution < 1.29 is 23.1 Å². The van der Waals surface area contributed by atoms with Gasteiger partial charge in [-0.25, -0.2) is 8.78 Å². The number of benzene rings is 2. The number of carbonyl (C=O) groups excluding carboxylic acids is 2. The molecule has 2 rings (SSSR count). The minimum Gasteiger partial charge on any atom is -0.452 e. The molecule has 2 aromatic rings. The lowest BCUT2D eigenvalue weighted by molar-refractivity contribution is -0.152. The molecule has 2 atom stereocenters. The third kappa shape index (κ3) is 5.56. The van der Waals surface area contributed by atoms with E-state index in [-0.39, 0.29) is 5.69 Å². The largest absolute Gasteiger partial charge is 0.452 e. The van der Waals surface area contributed by atoms with Crippen molar-refractivity contribution in [3.63, 3.8) is 0 Å². The van der Waals surface area contributed by atoms with E-state index in [1.807, 2.05) is 30.3 Å². The van der Waals surface area contributed by atoms with Crippen LogP contribution in [0.3, 0.4) is 0 Å². The fraction of sp³-hybridized carbons (Fsp3) is 0.222. The Morgan fingerprint density at radius 1 is 1.08 bits per heavy atom. The summed E-state index contributed by atoms with van der Waals surface area (Å²) >= 11 is 1.30. The first-order chi connectivity index (χ1) is 11.9. The van der Waals surface area contributed by atoms with Gasteiger partial charge in [-0.1, -0.05) is 18.2 Å². The molecule has 1 N–H and O–H groups in total. The van der Waals surface area contributed by atoms with Crippen molar-refractivity contribution in [1.82, 2.24) is 0 Å². The number of anilines is 1. The predicted octanol–water partition coefficient (Wildman–Crippen LogP) is 4.02. The van der Waals surface area contributed by atoms with E-state index in [9.17, 15) is 18.4 Å². The molecule has 0 bridgehead atoms. The van der Waals surface area contributed by atoms with Gasteiger partial charge in [-0.05, 0) is 38.1 Å². The van der Waals surface area contributed by atoms with Gasteiger partial charge in [-0.15, -0.1) is 11.8 Å². The van der Waals surface area contributed by atoms with Gasteiger partial charge in [0.1, 0.15) is 16.9 Å². The van der Waals surface area contributed by atoms with Crippen LogP contribution >= 0.6 is 11.8 Å². The Morgan fingerprint density at radius 3 is 2.44 bits per heavy atom. The molecule has 25 heavy (non-hydrogen) atoms. The monoisotopic (exact) mass is 365 g/mol. The molecule has 0 radical (unpaired) electrons. The zero-order valence-corrected chi connectivity index (χ0v) is 14.5. The number of rotatable bonds is 6. The van der Waals surface area contributed by atoms with Crippen LogP contribution in [0.4, 0.5) is 14.5 Å². The van der Waals surface area contributed by atoms with Crippen molar-refractivity contribution >= 4 is 29.3 Å². The second kappa shape index (κ2) is 8.62. The zero-order chi connectivity index (χ0) is 18.4. The number of nitrogens with one attached hydrogen (secondary N) is 1. The molecule has 0 aliphatic heterocycles. The summed E-state index contributed by atoms with van der Waals surface area (Å²) in [4.78, 5) is 25.0. The highest BCUT2D eigenvalue weighted by molar-refractivity contribution is 8.00. The molecule has 132 valence electrons. The molecule has 0 saturated heterocycles. The number of amides is 1. The van der Waals surface area contributed by atoms with Crippen LogP contribution in [0.25, 0.3) is 0 Å². The topological polar surface area (TPSA) is 55.4 Å². The molecule has 2 aromatic carbocycles. The smallest absolute Gasteiger partial charge is 0.319 e. The minimum atomic E-state index is -1.14. The number of hydrogen-bond acceptors (Lipinski definition) is 4. The number of ether oxygens (including phenoxy) is 1. The van der Waals surface area contributed by atoms with Crippen LogP contribution in [0, 0.1) is 11.6 Å². The van der Waals surface area contributed by atoms with Gasteiger partial charge in [0.2, 0.25) is 0 Å². The van der Waals surface area contributed by atoms with Crippen molar-refractivity contribution in [2.75, 3.05) is 5.32 Å². The molecule has 0 aromatic heterocycles. The number of halogens is 2. The van der Waals surface area contributed by atoms with Crippen LogP contribution in [0.1, 0.15) is 13.8 Å². The first-order valence-electron chi connectivity index (χ1n) is 7.55. The molecule has 0 fully saturated rings. The molecule has 7 heteroatoms. The summed E-state index contributed by atoms with van der Waals surface area (Å²) in [5, 5.41) is 1.68.